The van der Waals surface area contributed by atoms with Crippen LogP contribution >= 0.6 is 0 Å². The molecular formula is C28H37N3O3. The number of unbranched alkanes of at least 4 members (excludes halogenated alkanes) is 1. The molecule has 2 amide bonds. The van der Waals surface area contributed by atoms with E-state index in [1.807, 2.05) is 12.1 Å². The molecule has 2 N–H and O–H groups in total. The highest BCUT2D eigenvalue weighted by atomic mass is 16.2. The third-order valence-corrected chi connectivity index (χ3v) is 8.67. The second-order valence-corrected chi connectivity index (χ2v) is 10.7. The Morgan fingerprint density at radius 1 is 0.912 bits per heavy atom. The Bertz CT molecular complexity index is 960. The molecule has 5 rings (SSSR count). The molecule has 3 aliphatic carbocycles. The maximum absolute atomic E-state index is 13.4. The van der Waals surface area contributed by atoms with Gasteiger partial charge < -0.3 is 15.5 Å². The number of hydrogen-bond acceptors (Lipinski definition) is 4. The monoisotopic (exact) mass is 463 g/mol. The Morgan fingerprint density at radius 2 is 1.53 bits per heavy atom. The third-order valence-electron chi connectivity index (χ3n) is 8.67. The van der Waals surface area contributed by atoms with Crippen LogP contribution in [0.15, 0.2) is 36.4 Å². The Morgan fingerprint density at radius 3 is 2.12 bits per heavy atom. The van der Waals surface area contributed by atoms with Crippen LogP contribution in [0.4, 0.5) is 0 Å². The highest BCUT2D eigenvalue weighted by Crippen LogP contribution is 2.72. The normalized spacial score (nSPS) is 28.4. The Labute approximate surface area is 202 Å². The molecule has 6 nitrogen and oxygen atoms in total. The summed E-state index contributed by atoms with van der Waals surface area (Å²) in [6.07, 6.45) is 11.3. The minimum absolute atomic E-state index is 0.0204. The van der Waals surface area contributed by atoms with Crippen LogP contribution in [0.25, 0.3) is 0 Å². The van der Waals surface area contributed by atoms with E-state index in [0.29, 0.717) is 18.7 Å². The van der Waals surface area contributed by atoms with E-state index in [1.165, 1.54) is 25.9 Å². The molecule has 0 radical (unpaired) electrons. The maximum atomic E-state index is 13.4. The molecule has 4 atom stereocenters. The van der Waals surface area contributed by atoms with Crippen LogP contribution in [0.1, 0.15) is 61.4 Å². The maximum Gasteiger partial charge on any atom is 0.224 e. The zero-order valence-corrected chi connectivity index (χ0v) is 20.2. The van der Waals surface area contributed by atoms with Crippen LogP contribution in [-0.4, -0.2) is 48.7 Å². The SMILES string of the molecule is CC(=O)c1ccc(CNC(=O)[C@H]2[C@H](C(=O)NCCCCN3CCCC3)[C@H]3C=C[C@@H]2C32CC2)cc1. The quantitative estimate of drug-likeness (QED) is 0.317. The average Bonchev–Trinajstić information content (AvgIpc) is 3.20. The third kappa shape index (κ3) is 4.45. The average molecular weight is 464 g/mol. The molecule has 1 aliphatic heterocycles. The van der Waals surface area contributed by atoms with Crippen molar-refractivity contribution in [3.05, 3.63) is 47.5 Å². The van der Waals surface area contributed by atoms with E-state index in [0.717, 1.165) is 37.8 Å². The summed E-state index contributed by atoms with van der Waals surface area (Å²) >= 11 is 0. The summed E-state index contributed by atoms with van der Waals surface area (Å²) in [6, 6.07) is 7.35. The lowest BCUT2D eigenvalue weighted by atomic mass is 9.81. The number of benzene rings is 1. The van der Waals surface area contributed by atoms with Crippen molar-refractivity contribution in [1.82, 2.24) is 15.5 Å². The number of likely N-dealkylation sites (tertiary alicyclic amines) is 1. The summed E-state index contributed by atoms with van der Waals surface area (Å²) in [7, 11) is 0. The van der Waals surface area contributed by atoms with Gasteiger partial charge in [-0.1, -0.05) is 36.4 Å². The van der Waals surface area contributed by atoms with Gasteiger partial charge in [0.1, 0.15) is 0 Å². The zero-order valence-electron chi connectivity index (χ0n) is 20.2. The van der Waals surface area contributed by atoms with Crippen LogP contribution in [0.2, 0.25) is 0 Å². The van der Waals surface area contributed by atoms with Gasteiger partial charge in [0, 0.05) is 18.7 Å². The van der Waals surface area contributed by atoms with Gasteiger partial charge in [-0.25, -0.2) is 0 Å². The fraction of sp³-hybridized carbons (Fsp3) is 0.607. The molecule has 182 valence electrons. The van der Waals surface area contributed by atoms with Gasteiger partial charge in [-0.15, -0.1) is 0 Å². The predicted molar refractivity (Wildman–Crippen MR) is 131 cm³/mol. The second-order valence-electron chi connectivity index (χ2n) is 10.7. The standard InChI is InChI=1S/C28H37N3O3/c1-19(32)21-8-6-20(7-9-21)18-30-27(34)25-23-11-10-22(28(23)12-13-28)24(25)26(33)29-14-2-3-15-31-16-4-5-17-31/h6-11,22-25H,2-5,12-18H2,1H3,(H,29,33)(H,30,34)/t22-,23+,24-,25-/m1/s1. The van der Waals surface area contributed by atoms with Crippen LogP contribution in [0, 0.1) is 29.1 Å². The molecule has 6 heteroatoms. The number of Topliss-reactive ketones (excluding diaryl/α,β-unsaturated/α-hetero) is 1. The second kappa shape index (κ2) is 9.65. The number of nitrogens with one attached hydrogen (secondary N) is 2. The van der Waals surface area contributed by atoms with E-state index in [-0.39, 0.29) is 46.7 Å². The Kier molecular flexibility index (Phi) is 6.61. The molecule has 4 aliphatic rings. The molecule has 1 aromatic rings. The van der Waals surface area contributed by atoms with Crippen molar-refractivity contribution >= 4 is 17.6 Å². The molecule has 0 unspecified atom stereocenters. The summed E-state index contributed by atoms with van der Waals surface area (Å²) < 4.78 is 0. The zero-order chi connectivity index (χ0) is 23.7. The van der Waals surface area contributed by atoms with Gasteiger partial charge in [0.15, 0.2) is 5.78 Å². The van der Waals surface area contributed by atoms with Gasteiger partial charge in [0.25, 0.3) is 0 Å². The number of rotatable bonds is 10. The van der Waals surface area contributed by atoms with Crippen molar-refractivity contribution in [2.24, 2.45) is 29.1 Å². The summed E-state index contributed by atoms with van der Waals surface area (Å²) in [5.41, 5.74) is 1.77. The van der Waals surface area contributed by atoms with Gasteiger partial charge >= 0.3 is 0 Å². The molecule has 1 saturated heterocycles. The first-order chi connectivity index (χ1) is 16.5. The van der Waals surface area contributed by atoms with Crippen molar-refractivity contribution in [2.45, 2.75) is 52.0 Å². The molecular weight excluding hydrogens is 426 g/mol. The van der Waals surface area contributed by atoms with Crippen LogP contribution in [0.5, 0.6) is 0 Å². The number of hydrogen-bond donors (Lipinski definition) is 2. The first kappa shape index (κ1) is 23.3. The minimum atomic E-state index is -0.293. The summed E-state index contributed by atoms with van der Waals surface area (Å²) in [4.78, 5) is 40.6. The Hall–Kier alpha value is -2.47. The van der Waals surface area contributed by atoms with Crippen molar-refractivity contribution < 1.29 is 14.4 Å². The first-order valence-corrected chi connectivity index (χ1v) is 13.1. The molecule has 34 heavy (non-hydrogen) atoms. The lowest BCUT2D eigenvalue weighted by Gasteiger charge is -2.26. The molecule has 1 aromatic carbocycles. The highest BCUT2D eigenvalue weighted by Gasteiger charge is 2.69. The first-order valence-electron chi connectivity index (χ1n) is 13.1. The lowest BCUT2D eigenvalue weighted by Crippen LogP contribution is -2.44. The minimum Gasteiger partial charge on any atom is -0.356 e. The van der Waals surface area contributed by atoms with Crippen molar-refractivity contribution in [3.63, 3.8) is 0 Å². The number of carbonyl (C=O) groups excluding carboxylic acids is 3. The van der Waals surface area contributed by atoms with Crippen LogP contribution in [0.3, 0.4) is 0 Å². The molecule has 2 bridgehead atoms. The predicted octanol–water partition coefficient (Wildman–Crippen LogP) is 3.33. The van der Waals surface area contributed by atoms with Crippen LogP contribution < -0.4 is 10.6 Å². The topological polar surface area (TPSA) is 78.5 Å². The van der Waals surface area contributed by atoms with E-state index >= 15 is 0 Å². The van der Waals surface area contributed by atoms with Crippen molar-refractivity contribution in [1.29, 1.82) is 0 Å². The van der Waals surface area contributed by atoms with E-state index in [4.69, 9.17) is 0 Å². The van der Waals surface area contributed by atoms with Gasteiger partial charge in [-0.2, -0.15) is 0 Å². The van der Waals surface area contributed by atoms with Gasteiger partial charge in [-0.3, -0.25) is 14.4 Å². The highest BCUT2D eigenvalue weighted by molar-refractivity contribution is 5.94. The fourth-order valence-corrected chi connectivity index (χ4v) is 6.67. The number of allylic oxidation sites excluding steroid dienone is 2. The molecule has 1 spiro atoms. The molecule has 1 heterocycles. The number of ketones is 1. The van der Waals surface area contributed by atoms with Gasteiger partial charge in [0.05, 0.1) is 11.8 Å². The summed E-state index contributed by atoms with van der Waals surface area (Å²) in [6.45, 7) is 6.19. The summed E-state index contributed by atoms with van der Waals surface area (Å²) in [5, 5.41) is 6.26. The largest absolute Gasteiger partial charge is 0.356 e. The number of nitrogens with zero attached hydrogens (tertiary/aromatic N) is 1. The molecule has 3 fully saturated rings. The van der Waals surface area contributed by atoms with Crippen molar-refractivity contribution in [3.8, 4) is 0 Å². The van der Waals surface area contributed by atoms with E-state index in [2.05, 4.69) is 27.7 Å². The number of carbonyl (C=O) groups is 3. The smallest absolute Gasteiger partial charge is 0.224 e. The number of amides is 2. The van der Waals surface area contributed by atoms with Crippen LogP contribution in [-0.2, 0) is 16.1 Å². The van der Waals surface area contributed by atoms with Gasteiger partial charge in [-0.05, 0) is 87.9 Å². The molecule has 2 saturated carbocycles. The van der Waals surface area contributed by atoms with Crippen molar-refractivity contribution in [2.75, 3.05) is 26.2 Å². The van der Waals surface area contributed by atoms with E-state index < -0.39 is 0 Å². The Balaban J connectivity index is 1.17. The van der Waals surface area contributed by atoms with E-state index in [1.54, 1.807) is 19.1 Å². The molecule has 0 aromatic heterocycles. The van der Waals surface area contributed by atoms with Gasteiger partial charge in [0.2, 0.25) is 11.8 Å². The van der Waals surface area contributed by atoms with E-state index in [9.17, 15) is 14.4 Å². The fourth-order valence-electron chi connectivity index (χ4n) is 6.67. The lowest BCUT2D eigenvalue weighted by molar-refractivity contribution is -0.135. The summed E-state index contributed by atoms with van der Waals surface area (Å²) in [5.74, 6) is -0.141.